The Morgan fingerprint density at radius 3 is 2.73 bits per heavy atom. The third kappa shape index (κ3) is 5.14. The molecule has 2 aliphatic rings. The molecule has 1 saturated carbocycles. The molecule has 1 N–H and O–H groups in total. The van der Waals surface area contributed by atoms with Crippen LogP contribution in [0.4, 0.5) is 11.4 Å². The lowest BCUT2D eigenvalue weighted by Gasteiger charge is -2.17. The quantitative estimate of drug-likeness (QED) is 0.648. The molecule has 0 radical (unpaired) electrons. The van der Waals surface area contributed by atoms with Gasteiger partial charge in [0.1, 0.15) is 5.75 Å². The molecule has 158 valence electrons. The average molecular weight is 427 g/mol. The molecule has 0 aromatic heterocycles. The van der Waals surface area contributed by atoms with Crippen molar-refractivity contribution >= 4 is 34.8 Å². The Morgan fingerprint density at radius 1 is 1.13 bits per heavy atom. The maximum absolute atomic E-state index is 12.5. The monoisotopic (exact) mass is 426 g/mol. The molecule has 1 saturated heterocycles. The lowest BCUT2D eigenvalue weighted by Crippen LogP contribution is -2.23. The first kappa shape index (κ1) is 20.7. The van der Waals surface area contributed by atoms with Crippen molar-refractivity contribution < 1.29 is 14.3 Å². The summed E-state index contributed by atoms with van der Waals surface area (Å²) >= 11 is 6.27. The Labute approximate surface area is 182 Å². The highest BCUT2D eigenvalue weighted by molar-refractivity contribution is 6.33. The zero-order valence-electron chi connectivity index (χ0n) is 17.0. The lowest BCUT2D eigenvalue weighted by atomic mass is 10.1. The first-order valence-electron chi connectivity index (χ1n) is 10.7. The number of amides is 2. The number of ether oxygens (including phenoxy) is 1. The van der Waals surface area contributed by atoms with E-state index in [-0.39, 0.29) is 11.8 Å². The van der Waals surface area contributed by atoms with Gasteiger partial charge in [-0.25, -0.2) is 0 Å². The molecule has 30 heavy (non-hydrogen) atoms. The highest BCUT2D eigenvalue weighted by Crippen LogP contribution is 2.30. The van der Waals surface area contributed by atoms with Gasteiger partial charge in [-0.2, -0.15) is 0 Å². The molecule has 1 heterocycles. The van der Waals surface area contributed by atoms with Crippen LogP contribution >= 0.6 is 11.6 Å². The fourth-order valence-electron chi connectivity index (χ4n) is 4.14. The molecule has 0 spiro atoms. The van der Waals surface area contributed by atoms with Crippen molar-refractivity contribution in [2.24, 2.45) is 0 Å². The molecule has 2 aromatic rings. The molecular formula is C24H27ClN2O3. The van der Waals surface area contributed by atoms with E-state index in [1.54, 1.807) is 17.0 Å². The van der Waals surface area contributed by atoms with Crippen molar-refractivity contribution in [3.63, 3.8) is 0 Å². The summed E-state index contributed by atoms with van der Waals surface area (Å²) in [6.07, 6.45) is 7.41. The second kappa shape index (κ2) is 9.52. The Hall–Kier alpha value is -2.53. The first-order chi connectivity index (χ1) is 14.6. The lowest BCUT2D eigenvalue weighted by molar-refractivity contribution is -0.117. The van der Waals surface area contributed by atoms with E-state index >= 15 is 0 Å². The van der Waals surface area contributed by atoms with E-state index in [1.165, 1.54) is 12.8 Å². The highest BCUT2D eigenvalue weighted by atomic mass is 35.5. The third-order valence-electron chi connectivity index (χ3n) is 5.75. The normalized spacial score (nSPS) is 16.8. The molecule has 1 aliphatic heterocycles. The SMILES string of the molecule is O=C(CCc1cccc(OC2CCCC2)c1)Nc1cc(N2CCCC2=O)ccc1Cl. The number of halogens is 1. The van der Waals surface area contributed by atoms with Crippen molar-refractivity contribution in [3.05, 3.63) is 53.1 Å². The number of nitrogens with one attached hydrogen (secondary N) is 1. The molecule has 4 rings (SSSR count). The maximum Gasteiger partial charge on any atom is 0.227 e. The van der Waals surface area contributed by atoms with Crippen molar-refractivity contribution in [1.82, 2.24) is 0 Å². The number of rotatable bonds is 7. The van der Waals surface area contributed by atoms with Crippen molar-refractivity contribution in [1.29, 1.82) is 0 Å². The van der Waals surface area contributed by atoms with Crippen LogP contribution < -0.4 is 15.0 Å². The van der Waals surface area contributed by atoms with Crippen LogP contribution in [-0.2, 0) is 16.0 Å². The van der Waals surface area contributed by atoms with E-state index in [2.05, 4.69) is 5.32 Å². The first-order valence-corrected chi connectivity index (χ1v) is 11.1. The van der Waals surface area contributed by atoms with Crippen LogP contribution in [0.2, 0.25) is 5.02 Å². The van der Waals surface area contributed by atoms with E-state index in [4.69, 9.17) is 16.3 Å². The minimum Gasteiger partial charge on any atom is -0.490 e. The molecule has 2 fully saturated rings. The predicted molar refractivity (Wildman–Crippen MR) is 119 cm³/mol. The molecule has 0 bridgehead atoms. The number of aryl methyl sites for hydroxylation is 1. The Morgan fingerprint density at radius 2 is 1.97 bits per heavy atom. The summed E-state index contributed by atoms with van der Waals surface area (Å²) in [5, 5.41) is 3.36. The number of benzene rings is 2. The van der Waals surface area contributed by atoms with Crippen molar-refractivity contribution in [2.75, 3.05) is 16.8 Å². The number of hydrogen-bond donors (Lipinski definition) is 1. The highest BCUT2D eigenvalue weighted by Gasteiger charge is 2.22. The summed E-state index contributed by atoms with van der Waals surface area (Å²) in [6, 6.07) is 13.3. The molecule has 5 nitrogen and oxygen atoms in total. The van der Waals surface area contributed by atoms with Crippen LogP contribution in [0.1, 0.15) is 50.5 Å². The Balaban J connectivity index is 1.34. The van der Waals surface area contributed by atoms with E-state index in [0.717, 1.165) is 36.3 Å². The van der Waals surface area contributed by atoms with E-state index in [0.29, 0.717) is 42.6 Å². The van der Waals surface area contributed by atoms with Crippen LogP contribution in [-0.4, -0.2) is 24.5 Å². The Bertz CT molecular complexity index is 924. The molecular weight excluding hydrogens is 400 g/mol. The van der Waals surface area contributed by atoms with Gasteiger partial charge in [0.2, 0.25) is 11.8 Å². The van der Waals surface area contributed by atoms with Gasteiger partial charge in [-0.05, 0) is 74.4 Å². The summed E-state index contributed by atoms with van der Waals surface area (Å²) in [5.41, 5.74) is 2.38. The van der Waals surface area contributed by atoms with Crippen LogP contribution in [0.3, 0.4) is 0 Å². The van der Waals surface area contributed by atoms with Gasteiger partial charge in [0.25, 0.3) is 0 Å². The second-order valence-corrected chi connectivity index (χ2v) is 8.44. The van der Waals surface area contributed by atoms with E-state index in [1.807, 2.05) is 30.3 Å². The van der Waals surface area contributed by atoms with Crippen molar-refractivity contribution in [3.8, 4) is 5.75 Å². The van der Waals surface area contributed by atoms with Crippen LogP contribution in [0, 0.1) is 0 Å². The third-order valence-corrected chi connectivity index (χ3v) is 6.08. The molecule has 1 aliphatic carbocycles. The minimum absolute atomic E-state index is 0.106. The van der Waals surface area contributed by atoms with Crippen LogP contribution in [0.5, 0.6) is 5.75 Å². The summed E-state index contributed by atoms with van der Waals surface area (Å²) in [4.78, 5) is 26.2. The maximum atomic E-state index is 12.5. The predicted octanol–water partition coefficient (Wildman–Crippen LogP) is 5.36. The fourth-order valence-corrected chi connectivity index (χ4v) is 4.31. The van der Waals surface area contributed by atoms with Crippen LogP contribution in [0.15, 0.2) is 42.5 Å². The second-order valence-electron chi connectivity index (χ2n) is 8.03. The average Bonchev–Trinajstić information content (AvgIpc) is 3.40. The number of carbonyl (C=O) groups is 2. The molecule has 0 unspecified atom stereocenters. The molecule has 2 aromatic carbocycles. The number of carbonyl (C=O) groups excluding carboxylic acids is 2. The van der Waals surface area contributed by atoms with Gasteiger partial charge < -0.3 is 15.0 Å². The van der Waals surface area contributed by atoms with Crippen LogP contribution in [0.25, 0.3) is 0 Å². The van der Waals surface area contributed by atoms with E-state index < -0.39 is 0 Å². The molecule has 2 amide bonds. The molecule has 6 heteroatoms. The van der Waals surface area contributed by atoms with Gasteiger partial charge >= 0.3 is 0 Å². The summed E-state index contributed by atoms with van der Waals surface area (Å²) in [7, 11) is 0. The topological polar surface area (TPSA) is 58.6 Å². The largest absolute Gasteiger partial charge is 0.490 e. The number of nitrogens with zero attached hydrogens (tertiary/aromatic N) is 1. The number of hydrogen-bond acceptors (Lipinski definition) is 3. The van der Waals surface area contributed by atoms with Gasteiger partial charge in [0, 0.05) is 25.1 Å². The zero-order chi connectivity index (χ0) is 20.9. The molecule has 0 atom stereocenters. The van der Waals surface area contributed by atoms with Gasteiger partial charge in [-0.1, -0.05) is 23.7 Å². The summed E-state index contributed by atoms with van der Waals surface area (Å²) in [6.45, 7) is 0.702. The standard InChI is InChI=1S/C24H27ClN2O3/c25-21-12-11-18(27-14-4-9-24(27)29)16-22(21)26-23(28)13-10-17-5-3-8-20(15-17)30-19-6-1-2-7-19/h3,5,8,11-12,15-16,19H,1-2,4,6-7,9-10,13-14H2,(H,26,28). The summed E-state index contributed by atoms with van der Waals surface area (Å²) in [5.74, 6) is 0.879. The fraction of sp³-hybridized carbons (Fsp3) is 0.417. The van der Waals surface area contributed by atoms with Gasteiger partial charge in [-0.15, -0.1) is 0 Å². The van der Waals surface area contributed by atoms with E-state index in [9.17, 15) is 9.59 Å². The van der Waals surface area contributed by atoms with Gasteiger partial charge in [0.15, 0.2) is 0 Å². The van der Waals surface area contributed by atoms with Crippen molar-refractivity contribution in [2.45, 2.75) is 57.5 Å². The zero-order valence-corrected chi connectivity index (χ0v) is 17.8. The smallest absolute Gasteiger partial charge is 0.227 e. The number of anilines is 2. The van der Waals surface area contributed by atoms with Gasteiger partial charge in [-0.3, -0.25) is 9.59 Å². The van der Waals surface area contributed by atoms with Gasteiger partial charge in [0.05, 0.1) is 16.8 Å². The summed E-state index contributed by atoms with van der Waals surface area (Å²) < 4.78 is 6.05. The Kier molecular flexibility index (Phi) is 6.58. The minimum atomic E-state index is -0.107.